The quantitative estimate of drug-likeness (QED) is 0.636. The maximum Gasteiger partial charge on any atom is 0.237 e. The number of para-hydroxylation sites is 1. The average molecular weight is 375 g/mol. The lowest BCUT2D eigenvalue weighted by atomic mass is 10.2. The molecule has 7 heteroatoms. The van der Waals surface area contributed by atoms with Crippen molar-refractivity contribution in [2.24, 2.45) is 0 Å². The van der Waals surface area contributed by atoms with E-state index in [0.29, 0.717) is 22.2 Å². The number of carbonyl (C=O) groups excluding carboxylic acids is 1. The third-order valence-electron chi connectivity index (χ3n) is 3.67. The first-order valence-electron chi connectivity index (χ1n) is 8.28. The number of anilines is 1. The van der Waals surface area contributed by atoms with Crippen LogP contribution < -0.4 is 5.32 Å². The van der Waals surface area contributed by atoms with Crippen molar-refractivity contribution >= 4 is 35.5 Å². The number of hydrogen-bond donors (Lipinski definition) is 2. The number of benzene rings is 2. The monoisotopic (exact) mass is 375 g/mol. The number of nitrogens with zero attached hydrogens (tertiary/aromatic N) is 3. The van der Waals surface area contributed by atoms with Gasteiger partial charge in [-0.15, -0.1) is 5.10 Å². The lowest BCUT2D eigenvalue weighted by Gasteiger charge is -2.11. The fourth-order valence-corrected chi connectivity index (χ4v) is 2.99. The number of rotatable bonds is 6. The Morgan fingerprint density at radius 2 is 1.93 bits per heavy atom. The third-order valence-corrected chi connectivity index (χ3v) is 4.63. The number of nitriles is 1. The van der Waals surface area contributed by atoms with Gasteiger partial charge in [-0.25, -0.2) is 4.98 Å². The summed E-state index contributed by atoms with van der Waals surface area (Å²) in [5.74, 6) is 0.401. The van der Waals surface area contributed by atoms with Crippen LogP contribution in [0.25, 0.3) is 12.2 Å². The molecule has 0 bridgehead atoms. The zero-order valence-corrected chi connectivity index (χ0v) is 15.4. The van der Waals surface area contributed by atoms with Crippen LogP contribution >= 0.6 is 11.8 Å². The van der Waals surface area contributed by atoms with Crippen LogP contribution in [0.5, 0.6) is 0 Å². The van der Waals surface area contributed by atoms with Crippen LogP contribution in [-0.4, -0.2) is 26.3 Å². The van der Waals surface area contributed by atoms with E-state index in [1.54, 1.807) is 31.2 Å². The van der Waals surface area contributed by atoms with E-state index >= 15 is 0 Å². The molecule has 1 amide bonds. The number of aromatic nitrogens is 3. The van der Waals surface area contributed by atoms with Gasteiger partial charge < -0.3 is 5.32 Å². The normalized spacial score (nSPS) is 11.9. The molecule has 0 aliphatic carbocycles. The molecule has 0 fully saturated rings. The minimum atomic E-state index is -0.418. The minimum absolute atomic E-state index is 0.214. The van der Waals surface area contributed by atoms with Gasteiger partial charge in [0.2, 0.25) is 11.1 Å². The summed E-state index contributed by atoms with van der Waals surface area (Å²) in [6.45, 7) is 1.77. The number of nitrogens with one attached hydrogen (secondary N) is 2. The second-order valence-electron chi connectivity index (χ2n) is 5.65. The van der Waals surface area contributed by atoms with Crippen molar-refractivity contribution in [2.45, 2.75) is 17.3 Å². The molecule has 1 aromatic heterocycles. The van der Waals surface area contributed by atoms with Crippen molar-refractivity contribution in [3.05, 3.63) is 71.5 Å². The van der Waals surface area contributed by atoms with E-state index in [1.807, 2.05) is 42.5 Å². The van der Waals surface area contributed by atoms with E-state index in [9.17, 15) is 4.79 Å². The Morgan fingerprint density at radius 1 is 1.19 bits per heavy atom. The van der Waals surface area contributed by atoms with E-state index in [2.05, 4.69) is 26.6 Å². The van der Waals surface area contributed by atoms with Gasteiger partial charge in [-0.05, 0) is 30.7 Å². The van der Waals surface area contributed by atoms with Crippen LogP contribution in [-0.2, 0) is 4.79 Å². The van der Waals surface area contributed by atoms with Gasteiger partial charge in [0, 0.05) is 0 Å². The summed E-state index contributed by atoms with van der Waals surface area (Å²) < 4.78 is 0. The zero-order chi connectivity index (χ0) is 19.1. The molecular weight excluding hydrogens is 358 g/mol. The second kappa shape index (κ2) is 8.83. The Bertz CT molecular complexity index is 991. The molecule has 0 spiro atoms. The highest BCUT2D eigenvalue weighted by atomic mass is 32.2. The van der Waals surface area contributed by atoms with E-state index in [0.717, 1.165) is 5.56 Å². The molecule has 6 nitrogen and oxygen atoms in total. The standard InChI is InChI=1S/C20H17N5OS/c1-14(19(26)22-17-10-6-5-9-16(17)13-21)27-20-23-18(24-25-20)12-11-15-7-3-2-4-8-15/h2-12,14H,1H3,(H,22,26)(H,23,24,25)/b12-11+. The Kier molecular flexibility index (Phi) is 6.02. The fourth-order valence-electron chi connectivity index (χ4n) is 2.26. The highest BCUT2D eigenvalue weighted by Crippen LogP contribution is 2.22. The molecule has 0 saturated carbocycles. The minimum Gasteiger partial charge on any atom is -0.324 e. The van der Waals surface area contributed by atoms with Crippen LogP contribution in [0.2, 0.25) is 0 Å². The smallest absolute Gasteiger partial charge is 0.237 e. The van der Waals surface area contributed by atoms with Crippen molar-refractivity contribution in [1.29, 1.82) is 5.26 Å². The maximum absolute atomic E-state index is 12.4. The predicted molar refractivity (Wildman–Crippen MR) is 107 cm³/mol. The van der Waals surface area contributed by atoms with Crippen molar-refractivity contribution in [3.63, 3.8) is 0 Å². The Hall–Kier alpha value is -3.37. The topological polar surface area (TPSA) is 94.5 Å². The molecule has 134 valence electrons. The lowest BCUT2D eigenvalue weighted by molar-refractivity contribution is -0.115. The third kappa shape index (κ3) is 5.06. The first kappa shape index (κ1) is 18.4. The number of thioether (sulfide) groups is 1. The van der Waals surface area contributed by atoms with Crippen molar-refractivity contribution in [1.82, 2.24) is 15.2 Å². The largest absolute Gasteiger partial charge is 0.324 e. The number of H-pyrrole nitrogens is 1. The zero-order valence-electron chi connectivity index (χ0n) is 14.6. The van der Waals surface area contributed by atoms with E-state index in [-0.39, 0.29) is 5.91 Å². The van der Waals surface area contributed by atoms with Crippen LogP contribution in [0.3, 0.4) is 0 Å². The average Bonchev–Trinajstić information content (AvgIpc) is 3.15. The van der Waals surface area contributed by atoms with Crippen LogP contribution in [0.1, 0.15) is 23.9 Å². The summed E-state index contributed by atoms with van der Waals surface area (Å²) in [6, 6.07) is 18.8. The molecular formula is C20H17N5OS. The van der Waals surface area contributed by atoms with E-state index in [4.69, 9.17) is 5.26 Å². The highest BCUT2D eigenvalue weighted by Gasteiger charge is 2.18. The summed E-state index contributed by atoms with van der Waals surface area (Å²) in [5, 5.41) is 18.9. The van der Waals surface area contributed by atoms with Gasteiger partial charge in [0.15, 0.2) is 0 Å². The van der Waals surface area contributed by atoms with Gasteiger partial charge in [-0.3, -0.25) is 9.89 Å². The summed E-state index contributed by atoms with van der Waals surface area (Å²) in [4.78, 5) is 16.7. The highest BCUT2D eigenvalue weighted by molar-refractivity contribution is 8.00. The van der Waals surface area contributed by atoms with Crippen LogP contribution in [0.15, 0.2) is 59.8 Å². The molecule has 27 heavy (non-hydrogen) atoms. The molecule has 1 atom stereocenters. The van der Waals surface area contributed by atoms with Crippen molar-refractivity contribution in [2.75, 3.05) is 5.32 Å². The summed E-state index contributed by atoms with van der Waals surface area (Å²) in [5.41, 5.74) is 1.99. The first-order chi connectivity index (χ1) is 13.2. The molecule has 1 unspecified atom stereocenters. The van der Waals surface area contributed by atoms with Gasteiger partial charge in [0.1, 0.15) is 11.9 Å². The van der Waals surface area contributed by atoms with E-state index in [1.165, 1.54) is 11.8 Å². The Balaban J connectivity index is 1.60. The molecule has 0 saturated heterocycles. The molecule has 0 radical (unpaired) electrons. The SMILES string of the molecule is CC(Sc1n[nH]c(/C=C/c2ccccc2)n1)C(=O)Nc1ccccc1C#N. The molecule has 2 N–H and O–H groups in total. The van der Waals surface area contributed by atoms with Crippen LogP contribution in [0.4, 0.5) is 5.69 Å². The van der Waals surface area contributed by atoms with Gasteiger partial charge in [0.25, 0.3) is 0 Å². The fraction of sp³-hybridized carbons (Fsp3) is 0.100. The first-order valence-corrected chi connectivity index (χ1v) is 9.16. The van der Waals surface area contributed by atoms with Gasteiger partial charge in [0.05, 0.1) is 16.5 Å². The predicted octanol–water partition coefficient (Wildman–Crippen LogP) is 3.97. The molecule has 0 aliphatic rings. The second-order valence-corrected chi connectivity index (χ2v) is 6.96. The maximum atomic E-state index is 12.4. The summed E-state index contributed by atoms with van der Waals surface area (Å²) in [6.07, 6.45) is 3.77. The molecule has 0 aliphatic heterocycles. The van der Waals surface area contributed by atoms with E-state index < -0.39 is 5.25 Å². The van der Waals surface area contributed by atoms with Gasteiger partial charge in [-0.1, -0.05) is 60.3 Å². The van der Waals surface area contributed by atoms with Gasteiger partial charge in [-0.2, -0.15) is 5.26 Å². The Labute approximate surface area is 161 Å². The molecule has 3 rings (SSSR count). The van der Waals surface area contributed by atoms with Crippen molar-refractivity contribution < 1.29 is 4.79 Å². The number of carbonyl (C=O) groups is 1. The number of amides is 1. The Morgan fingerprint density at radius 3 is 2.70 bits per heavy atom. The number of aromatic amines is 1. The van der Waals surface area contributed by atoms with Crippen LogP contribution in [0, 0.1) is 11.3 Å². The summed E-state index contributed by atoms with van der Waals surface area (Å²) >= 11 is 1.24. The summed E-state index contributed by atoms with van der Waals surface area (Å²) in [7, 11) is 0. The van der Waals surface area contributed by atoms with Crippen molar-refractivity contribution in [3.8, 4) is 6.07 Å². The lowest BCUT2D eigenvalue weighted by Crippen LogP contribution is -2.23. The number of hydrogen-bond acceptors (Lipinski definition) is 5. The molecule has 2 aromatic carbocycles. The van der Waals surface area contributed by atoms with Gasteiger partial charge >= 0.3 is 0 Å². The molecule has 3 aromatic rings. The molecule has 1 heterocycles.